The number of rotatable bonds is 4. The molecule has 0 aliphatic rings. The topological polar surface area (TPSA) is 39.8 Å². The smallest absolute Gasteiger partial charge is 0.295 e. The first-order chi connectivity index (χ1) is 17.6. The van der Waals surface area contributed by atoms with Crippen LogP contribution in [0.5, 0.6) is 0 Å². The molecular weight excluding hydrogens is 442 g/mol. The fourth-order valence-electron chi connectivity index (χ4n) is 4.86. The molecule has 6 rings (SSSR count). The summed E-state index contributed by atoms with van der Waals surface area (Å²) < 4.78 is 3.41. The summed E-state index contributed by atoms with van der Waals surface area (Å²) in [4.78, 5) is 17.6. The van der Waals surface area contributed by atoms with Crippen LogP contribution in [0, 0.1) is 0 Å². The first-order valence-electron chi connectivity index (χ1n) is 12.0. The number of hydrogen-bond donors (Lipinski definition) is 0. The van der Waals surface area contributed by atoms with Crippen LogP contribution in [0.1, 0.15) is 0 Å². The van der Waals surface area contributed by atoms with Crippen LogP contribution in [0.2, 0.25) is 0 Å². The maximum atomic E-state index is 12.5. The molecule has 174 valence electrons. The summed E-state index contributed by atoms with van der Waals surface area (Å²) in [6, 6.07) is 39.5. The van der Waals surface area contributed by atoms with Crippen LogP contribution in [-0.4, -0.2) is 14.1 Å². The Hall–Kier alpha value is -4.70. The molecule has 0 aliphatic carbocycles. The Bertz CT molecular complexity index is 1690. The van der Waals surface area contributed by atoms with Crippen molar-refractivity contribution in [1.29, 1.82) is 0 Å². The van der Waals surface area contributed by atoms with E-state index in [1.165, 1.54) is 0 Å². The van der Waals surface area contributed by atoms with E-state index in [-0.39, 0.29) is 5.69 Å². The fourth-order valence-corrected chi connectivity index (χ4v) is 4.86. The van der Waals surface area contributed by atoms with E-state index in [0.29, 0.717) is 0 Å². The number of aryl methyl sites for hydroxylation is 2. The third-order valence-electron chi connectivity index (χ3n) is 6.78. The molecule has 4 nitrogen and oxygen atoms in total. The second-order valence-electron chi connectivity index (χ2n) is 9.01. The van der Waals surface area contributed by atoms with Crippen LogP contribution < -0.4 is 5.69 Å². The van der Waals surface area contributed by atoms with E-state index in [0.717, 1.165) is 55.8 Å². The summed E-state index contributed by atoms with van der Waals surface area (Å²) in [6.07, 6.45) is 0. The van der Waals surface area contributed by atoms with E-state index in [1.54, 1.807) is 9.13 Å². The molecule has 2 heterocycles. The molecule has 0 N–H and O–H groups in total. The number of imidazole rings is 1. The van der Waals surface area contributed by atoms with Crippen LogP contribution in [0.3, 0.4) is 0 Å². The minimum Gasteiger partial charge on any atom is -0.295 e. The molecule has 0 atom stereocenters. The van der Waals surface area contributed by atoms with Crippen LogP contribution in [0.25, 0.3) is 55.8 Å². The highest BCUT2D eigenvalue weighted by molar-refractivity contribution is 5.93. The number of para-hydroxylation sites is 1. The van der Waals surface area contributed by atoms with Gasteiger partial charge in [-0.3, -0.25) is 9.13 Å². The zero-order chi connectivity index (χ0) is 24.6. The molecule has 36 heavy (non-hydrogen) atoms. The highest BCUT2D eigenvalue weighted by Crippen LogP contribution is 2.33. The van der Waals surface area contributed by atoms with Crippen molar-refractivity contribution in [3.05, 3.63) is 126 Å². The van der Waals surface area contributed by atoms with Crippen molar-refractivity contribution in [2.24, 2.45) is 14.1 Å². The molecule has 0 bridgehead atoms. The van der Waals surface area contributed by atoms with E-state index in [1.807, 2.05) is 50.5 Å². The second-order valence-corrected chi connectivity index (χ2v) is 9.01. The predicted molar refractivity (Wildman–Crippen MR) is 148 cm³/mol. The zero-order valence-corrected chi connectivity index (χ0v) is 20.2. The quantitative estimate of drug-likeness (QED) is 0.282. The molecule has 4 heteroatoms. The molecular formula is C32H25N3O. The molecule has 0 fully saturated rings. The number of hydrogen-bond acceptors (Lipinski definition) is 2. The maximum Gasteiger partial charge on any atom is 0.328 e. The highest BCUT2D eigenvalue weighted by Gasteiger charge is 2.14. The average Bonchev–Trinajstić information content (AvgIpc) is 3.17. The fraction of sp³-hybridized carbons (Fsp3) is 0.0625. The van der Waals surface area contributed by atoms with Gasteiger partial charge in [0.25, 0.3) is 0 Å². The SMILES string of the molecule is Cn1c(=O)n(C)c2c(-c3ccc(-c4cc(-c5ccccc5)cc(-c5ccccc5)n4)cc3)cccc21. The van der Waals surface area contributed by atoms with Crippen molar-refractivity contribution < 1.29 is 0 Å². The molecule has 0 aliphatic heterocycles. The summed E-state index contributed by atoms with van der Waals surface area (Å²) in [5, 5.41) is 0. The molecule has 4 aromatic carbocycles. The first-order valence-corrected chi connectivity index (χ1v) is 12.0. The lowest BCUT2D eigenvalue weighted by Crippen LogP contribution is -2.19. The number of benzene rings is 4. The summed E-state index contributed by atoms with van der Waals surface area (Å²) in [6.45, 7) is 0. The monoisotopic (exact) mass is 467 g/mol. The molecule has 0 spiro atoms. The molecule has 0 saturated heterocycles. The Morgan fingerprint density at radius 3 is 1.72 bits per heavy atom. The molecule has 0 saturated carbocycles. The van der Waals surface area contributed by atoms with E-state index < -0.39 is 0 Å². The summed E-state index contributed by atoms with van der Waals surface area (Å²) in [7, 11) is 3.64. The number of aromatic nitrogens is 3. The lowest BCUT2D eigenvalue weighted by molar-refractivity contribution is 0.795. The lowest BCUT2D eigenvalue weighted by Gasteiger charge is -2.11. The standard InChI is InChI=1S/C32H25N3O/c1-34-30-15-9-14-27(31(30)35(2)32(34)36)23-16-18-25(19-17-23)29-21-26(22-10-5-3-6-11-22)20-28(33-29)24-12-7-4-8-13-24/h3-21H,1-2H3. The highest BCUT2D eigenvalue weighted by atomic mass is 16.1. The number of fused-ring (bicyclic) bond motifs is 1. The van der Waals surface area contributed by atoms with Gasteiger partial charge in [0.15, 0.2) is 0 Å². The van der Waals surface area contributed by atoms with Gasteiger partial charge in [0, 0.05) is 30.8 Å². The van der Waals surface area contributed by atoms with Crippen molar-refractivity contribution >= 4 is 11.0 Å². The summed E-state index contributed by atoms with van der Waals surface area (Å²) in [5.41, 5.74) is 10.2. The minimum atomic E-state index is -0.0237. The maximum absolute atomic E-state index is 12.5. The molecule has 0 amide bonds. The van der Waals surface area contributed by atoms with Gasteiger partial charge in [-0.2, -0.15) is 0 Å². The lowest BCUT2D eigenvalue weighted by atomic mass is 9.98. The largest absolute Gasteiger partial charge is 0.328 e. The van der Waals surface area contributed by atoms with Gasteiger partial charge in [-0.05, 0) is 34.9 Å². The molecule has 0 unspecified atom stereocenters. The first kappa shape index (κ1) is 21.8. The molecule has 6 aromatic rings. The Morgan fingerprint density at radius 1 is 0.528 bits per heavy atom. The van der Waals surface area contributed by atoms with Crippen LogP contribution >= 0.6 is 0 Å². The Balaban J connectivity index is 1.47. The van der Waals surface area contributed by atoms with Crippen molar-refractivity contribution in [3.8, 4) is 44.8 Å². The Kier molecular flexibility index (Phi) is 5.34. The Morgan fingerprint density at radius 2 is 1.08 bits per heavy atom. The van der Waals surface area contributed by atoms with E-state index in [4.69, 9.17) is 4.98 Å². The second kappa shape index (κ2) is 8.82. The van der Waals surface area contributed by atoms with Crippen LogP contribution in [-0.2, 0) is 14.1 Å². The third-order valence-corrected chi connectivity index (χ3v) is 6.78. The van der Waals surface area contributed by atoms with Gasteiger partial charge in [-0.15, -0.1) is 0 Å². The van der Waals surface area contributed by atoms with Crippen LogP contribution in [0.4, 0.5) is 0 Å². The average molecular weight is 468 g/mol. The van der Waals surface area contributed by atoms with E-state index in [9.17, 15) is 4.79 Å². The van der Waals surface area contributed by atoms with Crippen molar-refractivity contribution in [2.45, 2.75) is 0 Å². The third kappa shape index (κ3) is 3.73. The normalized spacial score (nSPS) is 11.2. The van der Waals surface area contributed by atoms with Crippen molar-refractivity contribution in [3.63, 3.8) is 0 Å². The number of pyridine rings is 1. The van der Waals surface area contributed by atoms with Gasteiger partial charge in [-0.25, -0.2) is 9.78 Å². The minimum absolute atomic E-state index is 0.0237. The van der Waals surface area contributed by atoms with Crippen LogP contribution in [0.15, 0.2) is 120 Å². The summed E-state index contributed by atoms with van der Waals surface area (Å²) >= 11 is 0. The van der Waals surface area contributed by atoms with Crippen molar-refractivity contribution in [1.82, 2.24) is 14.1 Å². The number of nitrogens with zero attached hydrogens (tertiary/aromatic N) is 3. The van der Waals surface area contributed by atoms with Gasteiger partial charge < -0.3 is 0 Å². The summed E-state index contributed by atoms with van der Waals surface area (Å²) in [5.74, 6) is 0. The van der Waals surface area contributed by atoms with Gasteiger partial charge in [0.2, 0.25) is 0 Å². The van der Waals surface area contributed by atoms with E-state index in [2.05, 4.69) is 78.9 Å². The Labute approximate surface area is 209 Å². The van der Waals surface area contributed by atoms with Gasteiger partial charge in [0.1, 0.15) is 0 Å². The zero-order valence-electron chi connectivity index (χ0n) is 20.2. The van der Waals surface area contributed by atoms with Crippen molar-refractivity contribution in [2.75, 3.05) is 0 Å². The predicted octanol–water partition coefficient (Wildman–Crippen LogP) is 6.94. The van der Waals surface area contributed by atoms with Gasteiger partial charge >= 0.3 is 5.69 Å². The molecule has 0 radical (unpaired) electrons. The van der Waals surface area contributed by atoms with Gasteiger partial charge in [0.05, 0.1) is 22.4 Å². The molecule has 2 aromatic heterocycles. The van der Waals surface area contributed by atoms with E-state index >= 15 is 0 Å². The van der Waals surface area contributed by atoms with Gasteiger partial charge in [-0.1, -0.05) is 97.1 Å².